The summed E-state index contributed by atoms with van der Waals surface area (Å²) in [6, 6.07) is 0.0714. The second kappa shape index (κ2) is 5.36. The molecule has 1 fully saturated rings. The van der Waals surface area contributed by atoms with E-state index in [2.05, 4.69) is 10.2 Å². The number of hydrogen-bond acceptors (Lipinski definition) is 5. The third-order valence-electron chi connectivity index (χ3n) is 3.45. The molecular formula is C11H20N4O2S. The van der Waals surface area contributed by atoms with Crippen molar-refractivity contribution in [1.82, 2.24) is 14.8 Å². The van der Waals surface area contributed by atoms with Gasteiger partial charge in [-0.2, -0.15) is 0 Å². The highest BCUT2D eigenvalue weighted by Crippen LogP contribution is 2.31. The van der Waals surface area contributed by atoms with Gasteiger partial charge in [-0.3, -0.25) is 0 Å². The number of hydrogen-bond donors (Lipinski definition) is 1. The number of rotatable bonds is 5. The summed E-state index contributed by atoms with van der Waals surface area (Å²) in [6.07, 6.45) is 8.03. The van der Waals surface area contributed by atoms with E-state index >= 15 is 0 Å². The molecule has 1 aliphatic carbocycles. The molecule has 0 saturated heterocycles. The normalized spacial score (nSPS) is 19.2. The summed E-state index contributed by atoms with van der Waals surface area (Å²) in [4.78, 5) is 0. The number of sulfone groups is 1. The van der Waals surface area contributed by atoms with E-state index in [4.69, 9.17) is 5.73 Å². The lowest BCUT2D eigenvalue weighted by molar-refractivity contribution is 0.471. The molecule has 1 heterocycles. The summed E-state index contributed by atoms with van der Waals surface area (Å²) in [5.41, 5.74) is 6.03. The molecule has 0 radical (unpaired) electrons. The maximum absolute atomic E-state index is 11.1. The molecule has 2 N–H and O–H groups in total. The standard InChI is InChI=1S/C11H20N4O2S/c1-18(16,17)7-6-10(12)11-14-13-8-15(11)9-4-2-3-5-9/h8-10H,2-7,12H2,1H3. The third-order valence-corrected chi connectivity index (χ3v) is 4.43. The van der Waals surface area contributed by atoms with Gasteiger partial charge in [0, 0.05) is 12.3 Å². The summed E-state index contributed by atoms with van der Waals surface area (Å²) in [6.45, 7) is 0. The molecule has 7 heteroatoms. The van der Waals surface area contributed by atoms with Crippen LogP contribution in [0.3, 0.4) is 0 Å². The first-order valence-corrected chi connectivity index (χ1v) is 8.36. The molecule has 18 heavy (non-hydrogen) atoms. The Balaban J connectivity index is 2.06. The van der Waals surface area contributed by atoms with Gasteiger partial charge in [0.1, 0.15) is 22.0 Å². The Morgan fingerprint density at radius 3 is 2.78 bits per heavy atom. The lowest BCUT2D eigenvalue weighted by Gasteiger charge is -2.17. The highest BCUT2D eigenvalue weighted by Gasteiger charge is 2.23. The van der Waals surface area contributed by atoms with Crippen LogP contribution in [0, 0.1) is 0 Å². The van der Waals surface area contributed by atoms with E-state index in [1.165, 1.54) is 19.1 Å². The molecular weight excluding hydrogens is 252 g/mol. The van der Waals surface area contributed by atoms with Gasteiger partial charge >= 0.3 is 0 Å². The van der Waals surface area contributed by atoms with Gasteiger partial charge in [-0.05, 0) is 19.3 Å². The molecule has 0 bridgehead atoms. The van der Waals surface area contributed by atoms with Crippen molar-refractivity contribution < 1.29 is 8.42 Å². The van der Waals surface area contributed by atoms with E-state index in [0.717, 1.165) is 12.8 Å². The van der Waals surface area contributed by atoms with Crippen molar-refractivity contribution in [3.05, 3.63) is 12.2 Å². The van der Waals surface area contributed by atoms with E-state index in [1.54, 1.807) is 6.33 Å². The second-order valence-corrected chi connectivity index (χ2v) is 7.32. The molecule has 2 rings (SSSR count). The number of nitrogens with two attached hydrogens (primary N) is 1. The Morgan fingerprint density at radius 1 is 1.50 bits per heavy atom. The van der Waals surface area contributed by atoms with Gasteiger partial charge in [-0.1, -0.05) is 12.8 Å². The Hall–Kier alpha value is -0.950. The quantitative estimate of drug-likeness (QED) is 0.857. The van der Waals surface area contributed by atoms with Crippen LogP contribution in [-0.4, -0.2) is 35.2 Å². The molecule has 1 unspecified atom stereocenters. The SMILES string of the molecule is CS(=O)(=O)CCC(N)c1nncn1C1CCCC1. The maximum atomic E-state index is 11.1. The fraction of sp³-hybridized carbons (Fsp3) is 0.818. The van der Waals surface area contributed by atoms with Crippen LogP contribution in [0.15, 0.2) is 6.33 Å². The average molecular weight is 272 g/mol. The van der Waals surface area contributed by atoms with Crippen LogP contribution in [-0.2, 0) is 9.84 Å². The zero-order valence-electron chi connectivity index (χ0n) is 10.6. The van der Waals surface area contributed by atoms with Crippen LogP contribution in [0.2, 0.25) is 0 Å². The molecule has 0 amide bonds. The van der Waals surface area contributed by atoms with Crippen molar-refractivity contribution in [2.24, 2.45) is 5.73 Å². The van der Waals surface area contributed by atoms with Gasteiger partial charge in [0.2, 0.25) is 0 Å². The fourth-order valence-electron chi connectivity index (χ4n) is 2.45. The smallest absolute Gasteiger partial charge is 0.150 e. The van der Waals surface area contributed by atoms with Crippen molar-refractivity contribution in [2.75, 3.05) is 12.0 Å². The Labute approximate surface area is 108 Å². The fourth-order valence-corrected chi connectivity index (χ4v) is 3.13. The van der Waals surface area contributed by atoms with Gasteiger partial charge in [0.25, 0.3) is 0 Å². The van der Waals surface area contributed by atoms with Crippen LogP contribution in [0.4, 0.5) is 0 Å². The van der Waals surface area contributed by atoms with Gasteiger partial charge in [-0.25, -0.2) is 8.42 Å². The predicted octanol–water partition coefficient (Wildman–Crippen LogP) is 0.828. The third kappa shape index (κ3) is 3.29. The summed E-state index contributed by atoms with van der Waals surface area (Å²) >= 11 is 0. The number of nitrogens with zero attached hydrogens (tertiary/aromatic N) is 3. The van der Waals surface area contributed by atoms with Gasteiger partial charge < -0.3 is 10.3 Å². The molecule has 102 valence electrons. The van der Waals surface area contributed by atoms with E-state index in [-0.39, 0.29) is 11.8 Å². The van der Waals surface area contributed by atoms with Crippen LogP contribution in [0.5, 0.6) is 0 Å². The topological polar surface area (TPSA) is 90.9 Å². The lowest BCUT2D eigenvalue weighted by atomic mass is 10.2. The summed E-state index contributed by atoms with van der Waals surface area (Å²) in [7, 11) is -2.98. The van der Waals surface area contributed by atoms with E-state index in [0.29, 0.717) is 18.3 Å². The first-order valence-electron chi connectivity index (χ1n) is 6.30. The first-order chi connectivity index (χ1) is 8.47. The molecule has 0 aromatic carbocycles. The zero-order chi connectivity index (χ0) is 13.2. The number of aromatic nitrogens is 3. The second-order valence-electron chi connectivity index (χ2n) is 5.06. The van der Waals surface area contributed by atoms with Gasteiger partial charge in [0.05, 0.1) is 11.8 Å². The molecule has 0 aliphatic heterocycles. The van der Waals surface area contributed by atoms with Crippen molar-refractivity contribution in [1.29, 1.82) is 0 Å². The highest BCUT2D eigenvalue weighted by molar-refractivity contribution is 7.90. The van der Waals surface area contributed by atoms with Gasteiger partial charge in [0.15, 0.2) is 0 Å². The van der Waals surface area contributed by atoms with Crippen LogP contribution in [0.25, 0.3) is 0 Å². The molecule has 1 aliphatic rings. The van der Waals surface area contributed by atoms with Crippen molar-refractivity contribution >= 4 is 9.84 Å². The molecule has 1 saturated carbocycles. The van der Waals surface area contributed by atoms with Crippen molar-refractivity contribution in [2.45, 2.75) is 44.2 Å². The van der Waals surface area contributed by atoms with E-state index in [9.17, 15) is 8.42 Å². The molecule has 0 spiro atoms. The van der Waals surface area contributed by atoms with Crippen LogP contribution >= 0.6 is 0 Å². The largest absolute Gasteiger partial charge is 0.321 e. The van der Waals surface area contributed by atoms with E-state index < -0.39 is 9.84 Å². The van der Waals surface area contributed by atoms with Crippen molar-refractivity contribution in [3.8, 4) is 0 Å². The highest BCUT2D eigenvalue weighted by atomic mass is 32.2. The summed E-state index contributed by atoms with van der Waals surface area (Å²) in [5.74, 6) is 0.802. The van der Waals surface area contributed by atoms with Crippen molar-refractivity contribution in [3.63, 3.8) is 0 Å². The van der Waals surface area contributed by atoms with Crippen LogP contribution in [0.1, 0.15) is 50.0 Å². The summed E-state index contributed by atoms with van der Waals surface area (Å²) < 4.78 is 24.3. The lowest BCUT2D eigenvalue weighted by Crippen LogP contribution is -2.21. The van der Waals surface area contributed by atoms with Gasteiger partial charge in [-0.15, -0.1) is 10.2 Å². The Morgan fingerprint density at radius 2 is 2.17 bits per heavy atom. The van der Waals surface area contributed by atoms with Crippen LogP contribution < -0.4 is 5.73 Å². The molecule has 1 atom stereocenters. The molecule has 1 aromatic rings. The maximum Gasteiger partial charge on any atom is 0.150 e. The van der Waals surface area contributed by atoms with E-state index in [1.807, 2.05) is 4.57 Å². The average Bonchev–Trinajstić information content (AvgIpc) is 2.94. The molecule has 1 aromatic heterocycles. The molecule has 6 nitrogen and oxygen atoms in total. The summed E-state index contributed by atoms with van der Waals surface area (Å²) in [5, 5.41) is 7.97. The Kier molecular flexibility index (Phi) is 4.01. The first kappa shape index (κ1) is 13.5. The minimum atomic E-state index is -2.98. The Bertz CT molecular complexity index is 491. The predicted molar refractivity (Wildman–Crippen MR) is 68.8 cm³/mol. The monoisotopic (exact) mass is 272 g/mol. The zero-order valence-corrected chi connectivity index (χ0v) is 11.4. The minimum absolute atomic E-state index is 0.0890. The minimum Gasteiger partial charge on any atom is -0.321 e.